The molecule has 0 spiro atoms. The summed E-state index contributed by atoms with van der Waals surface area (Å²) in [5, 5.41) is 0. The van der Waals surface area contributed by atoms with Gasteiger partial charge in [-0.25, -0.2) is 4.39 Å². The fourth-order valence-corrected chi connectivity index (χ4v) is 3.47. The van der Waals surface area contributed by atoms with Crippen LogP contribution in [0.4, 0.5) is 4.39 Å². The average Bonchev–Trinajstić information content (AvgIpc) is 2.68. The summed E-state index contributed by atoms with van der Waals surface area (Å²) in [5.41, 5.74) is 1.86. The van der Waals surface area contributed by atoms with Gasteiger partial charge in [-0.05, 0) is 55.4 Å². The van der Waals surface area contributed by atoms with Crippen molar-refractivity contribution in [3.05, 3.63) is 28.8 Å². The first-order chi connectivity index (χ1) is 8.98. The van der Waals surface area contributed by atoms with E-state index in [9.17, 15) is 4.39 Å². The molecule has 0 radical (unpaired) electrons. The van der Waals surface area contributed by atoms with Gasteiger partial charge in [-0.15, -0.1) is 0 Å². The zero-order valence-electron chi connectivity index (χ0n) is 11.4. The van der Waals surface area contributed by atoms with Gasteiger partial charge in [-0.3, -0.25) is 0 Å². The van der Waals surface area contributed by atoms with Crippen molar-refractivity contribution in [2.24, 2.45) is 5.41 Å². The van der Waals surface area contributed by atoms with Crippen LogP contribution < -0.4 is 0 Å². The van der Waals surface area contributed by atoms with Crippen molar-refractivity contribution in [2.75, 3.05) is 0 Å². The number of fused-ring (bicyclic) bond motifs is 1. The minimum absolute atomic E-state index is 0.224. The van der Waals surface area contributed by atoms with Gasteiger partial charge < -0.3 is 9.55 Å². The highest BCUT2D eigenvalue weighted by atomic mass is 32.1. The third kappa shape index (κ3) is 2.22. The van der Waals surface area contributed by atoms with Crippen LogP contribution in [-0.4, -0.2) is 9.55 Å². The predicted molar refractivity (Wildman–Crippen MR) is 78.4 cm³/mol. The van der Waals surface area contributed by atoms with E-state index in [1.807, 2.05) is 6.07 Å². The molecule has 0 saturated heterocycles. The molecule has 1 saturated carbocycles. The Morgan fingerprint density at radius 3 is 2.68 bits per heavy atom. The molecule has 1 aliphatic carbocycles. The van der Waals surface area contributed by atoms with Crippen LogP contribution in [0.2, 0.25) is 0 Å². The Morgan fingerprint density at radius 1 is 1.32 bits per heavy atom. The van der Waals surface area contributed by atoms with Crippen LogP contribution in [-0.2, 0) is 0 Å². The van der Waals surface area contributed by atoms with Crippen molar-refractivity contribution in [3.63, 3.8) is 0 Å². The minimum Gasteiger partial charge on any atom is -0.328 e. The van der Waals surface area contributed by atoms with E-state index in [1.165, 1.54) is 18.9 Å². The van der Waals surface area contributed by atoms with E-state index in [2.05, 4.69) is 23.4 Å². The van der Waals surface area contributed by atoms with Gasteiger partial charge in [-0.2, -0.15) is 0 Å². The number of nitrogens with one attached hydrogen (secondary N) is 1. The van der Waals surface area contributed by atoms with Gasteiger partial charge in [0.15, 0.2) is 4.77 Å². The third-order valence-corrected chi connectivity index (χ3v) is 4.67. The van der Waals surface area contributed by atoms with Crippen molar-refractivity contribution in [2.45, 2.75) is 45.6 Å². The maximum absolute atomic E-state index is 13.8. The number of benzene rings is 1. The second kappa shape index (κ2) is 4.44. The summed E-state index contributed by atoms with van der Waals surface area (Å²) < 4.78 is 16.5. The molecule has 3 rings (SSSR count). The molecule has 1 N–H and O–H groups in total. The first kappa shape index (κ1) is 12.9. The van der Waals surface area contributed by atoms with Crippen molar-refractivity contribution in [1.29, 1.82) is 0 Å². The Hall–Kier alpha value is -1.16. The SMILES string of the molecule is CC1(C)CCC(n2c(=S)[nH]c3c(F)cccc32)CC1. The van der Waals surface area contributed by atoms with E-state index in [-0.39, 0.29) is 5.82 Å². The number of imidazole rings is 1. The average molecular weight is 278 g/mol. The molecule has 0 aliphatic heterocycles. The Balaban J connectivity index is 2.04. The van der Waals surface area contributed by atoms with Gasteiger partial charge in [-0.1, -0.05) is 19.9 Å². The Labute approximate surface area is 117 Å². The largest absolute Gasteiger partial charge is 0.328 e. The number of rotatable bonds is 1. The zero-order valence-corrected chi connectivity index (χ0v) is 12.2. The molecule has 19 heavy (non-hydrogen) atoms. The van der Waals surface area contributed by atoms with Crippen molar-refractivity contribution in [3.8, 4) is 0 Å². The number of aromatic nitrogens is 2. The highest BCUT2D eigenvalue weighted by Gasteiger charge is 2.28. The monoisotopic (exact) mass is 278 g/mol. The van der Waals surface area contributed by atoms with Crippen LogP contribution >= 0.6 is 12.2 Å². The fourth-order valence-electron chi connectivity index (χ4n) is 3.12. The number of aromatic amines is 1. The molecule has 0 atom stereocenters. The molecule has 1 fully saturated rings. The van der Waals surface area contributed by atoms with Gasteiger partial charge in [0.25, 0.3) is 0 Å². The van der Waals surface area contributed by atoms with E-state index >= 15 is 0 Å². The van der Waals surface area contributed by atoms with Crippen molar-refractivity contribution < 1.29 is 4.39 Å². The molecule has 2 aromatic rings. The molecule has 2 nitrogen and oxygen atoms in total. The lowest BCUT2D eigenvalue weighted by Gasteiger charge is -2.35. The van der Waals surface area contributed by atoms with Crippen molar-refractivity contribution in [1.82, 2.24) is 9.55 Å². The molecule has 1 aliphatic rings. The van der Waals surface area contributed by atoms with E-state index in [1.54, 1.807) is 6.07 Å². The van der Waals surface area contributed by atoms with Crippen LogP contribution in [0.5, 0.6) is 0 Å². The normalized spacial score (nSPS) is 19.9. The molecule has 1 heterocycles. The van der Waals surface area contributed by atoms with Gasteiger partial charge >= 0.3 is 0 Å². The molecule has 4 heteroatoms. The summed E-state index contributed by atoms with van der Waals surface area (Å²) in [6.07, 6.45) is 4.62. The lowest BCUT2D eigenvalue weighted by atomic mass is 9.75. The number of H-pyrrole nitrogens is 1. The molecule has 102 valence electrons. The van der Waals surface area contributed by atoms with E-state index < -0.39 is 0 Å². The summed E-state index contributed by atoms with van der Waals surface area (Å²) in [7, 11) is 0. The molecule has 1 aromatic heterocycles. The van der Waals surface area contributed by atoms with Gasteiger partial charge in [0.2, 0.25) is 0 Å². The second-order valence-corrected chi connectivity index (χ2v) is 6.72. The first-order valence-corrected chi connectivity index (χ1v) is 7.27. The molecule has 0 unspecified atom stereocenters. The van der Waals surface area contributed by atoms with Crippen LogP contribution in [0.15, 0.2) is 18.2 Å². The minimum atomic E-state index is -0.224. The number of hydrogen-bond donors (Lipinski definition) is 1. The molecule has 0 amide bonds. The van der Waals surface area contributed by atoms with Gasteiger partial charge in [0.05, 0.1) is 5.52 Å². The first-order valence-electron chi connectivity index (χ1n) is 6.87. The lowest BCUT2D eigenvalue weighted by Crippen LogP contribution is -2.23. The Kier molecular flexibility index (Phi) is 3.01. The summed E-state index contributed by atoms with van der Waals surface area (Å²) >= 11 is 5.39. The Bertz CT molecular complexity index is 658. The number of halogens is 1. The fraction of sp³-hybridized carbons (Fsp3) is 0.533. The van der Waals surface area contributed by atoms with E-state index in [4.69, 9.17) is 12.2 Å². The maximum Gasteiger partial charge on any atom is 0.178 e. The highest BCUT2D eigenvalue weighted by molar-refractivity contribution is 7.71. The Morgan fingerprint density at radius 2 is 2.00 bits per heavy atom. The zero-order chi connectivity index (χ0) is 13.6. The highest BCUT2D eigenvalue weighted by Crippen LogP contribution is 2.41. The van der Waals surface area contributed by atoms with Crippen LogP contribution in [0.25, 0.3) is 11.0 Å². The molecule has 1 aromatic carbocycles. The second-order valence-electron chi connectivity index (χ2n) is 6.33. The van der Waals surface area contributed by atoms with E-state index in [0.29, 0.717) is 21.7 Å². The smallest absolute Gasteiger partial charge is 0.178 e. The lowest BCUT2D eigenvalue weighted by molar-refractivity contribution is 0.195. The number of nitrogens with zero attached hydrogens (tertiary/aromatic N) is 1. The summed E-state index contributed by atoms with van der Waals surface area (Å²) in [4.78, 5) is 3.02. The summed E-state index contributed by atoms with van der Waals surface area (Å²) in [5.74, 6) is -0.224. The number of para-hydroxylation sites is 1. The van der Waals surface area contributed by atoms with Crippen molar-refractivity contribution >= 4 is 23.3 Å². The van der Waals surface area contributed by atoms with Crippen LogP contribution in [0.1, 0.15) is 45.6 Å². The molecular formula is C15H19FN2S. The molecule has 0 bridgehead atoms. The predicted octanol–water partition coefficient (Wildman–Crippen LogP) is 4.98. The number of hydrogen-bond acceptors (Lipinski definition) is 1. The topological polar surface area (TPSA) is 20.7 Å². The summed E-state index contributed by atoms with van der Waals surface area (Å²) in [6, 6.07) is 5.58. The van der Waals surface area contributed by atoms with E-state index in [0.717, 1.165) is 18.4 Å². The molecular weight excluding hydrogens is 259 g/mol. The quantitative estimate of drug-likeness (QED) is 0.730. The summed E-state index contributed by atoms with van der Waals surface area (Å²) in [6.45, 7) is 4.63. The maximum atomic E-state index is 13.8. The standard InChI is InChI=1S/C15H19FN2S/c1-15(2)8-6-10(7-9-15)18-12-5-3-4-11(16)13(12)17-14(18)19/h3-5,10H,6-9H2,1-2H3,(H,17,19). The van der Waals surface area contributed by atoms with Gasteiger partial charge in [0, 0.05) is 6.04 Å². The van der Waals surface area contributed by atoms with Crippen LogP contribution in [0.3, 0.4) is 0 Å². The van der Waals surface area contributed by atoms with Gasteiger partial charge in [0.1, 0.15) is 11.3 Å². The third-order valence-electron chi connectivity index (χ3n) is 4.38. The van der Waals surface area contributed by atoms with Crippen LogP contribution in [0, 0.1) is 16.0 Å².